The number of nitrogens with two attached hydrogens (primary N) is 1. The van der Waals surface area contributed by atoms with Crippen molar-refractivity contribution in [1.82, 2.24) is 0 Å². The zero-order chi connectivity index (χ0) is 53.6. The predicted octanol–water partition coefficient (Wildman–Crippen LogP) is 7.39. The number of rotatable bonds is 13. The molecule has 0 bridgehead atoms. The highest BCUT2D eigenvalue weighted by atomic mass is 35.5. The van der Waals surface area contributed by atoms with Crippen LogP contribution >= 0.6 is 42.2 Å². The van der Waals surface area contributed by atoms with E-state index in [1.807, 2.05) is 57.2 Å². The first kappa shape index (κ1) is 59.1. The highest BCUT2D eigenvalue weighted by Gasteiger charge is 2.42. The molecule has 4 unspecified atom stereocenters. The molecular weight excluding hydrogens is 1020 g/mol. The summed E-state index contributed by atoms with van der Waals surface area (Å²) in [7, 11) is -1.47. The molecule has 5 amide bonds. The lowest BCUT2D eigenvalue weighted by molar-refractivity contribution is -0.138. The Balaban J connectivity index is 0.000000218. The lowest BCUT2D eigenvalue weighted by atomic mass is 9.93. The molecule has 0 radical (unpaired) electrons. The summed E-state index contributed by atoms with van der Waals surface area (Å²) in [5, 5.41) is 8.28. The number of carboxylic acids is 1. The van der Waals surface area contributed by atoms with Crippen LogP contribution in [0.4, 0.5) is 27.1 Å². The number of carbonyl (C=O) groups excluding carboxylic acids is 5. The Morgan fingerprint density at radius 1 is 1.01 bits per heavy atom. The molecule has 3 aliphatic heterocycles. The van der Waals surface area contributed by atoms with Gasteiger partial charge in [0.25, 0.3) is 23.6 Å². The van der Waals surface area contributed by atoms with E-state index >= 15 is 0 Å². The average molecular weight is 1080 g/mol. The Bertz CT molecular complexity index is 2600. The van der Waals surface area contributed by atoms with Crippen LogP contribution in [-0.4, -0.2) is 121 Å². The number of carboxylic acid groups (broad SMARTS) is 1. The number of alkyl halides is 3. The monoisotopic (exact) mass is 1080 g/mol. The molecule has 4 N–H and O–H groups in total. The third-order valence-corrected chi connectivity index (χ3v) is 13.4. The molecule has 4 aliphatic rings. The number of para-hydroxylation sites is 3. The molecule has 390 valence electrons. The van der Waals surface area contributed by atoms with E-state index in [4.69, 9.17) is 71.2 Å². The predicted molar refractivity (Wildman–Crippen MR) is 276 cm³/mol. The van der Waals surface area contributed by atoms with Crippen LogP contribution in [0, 0.1) is 25.1 Å². The summed E-state index contributed by atoms with van der Waals surface area (Å²) in [5.74, 6) is -0.475. The molecule has 1 aliphatic carbocycles. The van der Waals surface area contributed by atoms with Crippen molar-refractivity contribution in [3.8, 4) is 23.8 Å². The summed E-state index contributed by atoms with van der Waals surface area (Å²) in [6, 6.07) is 14.7. The van der Waals surface area contributed by atoms with Crippen molar-refractivity contribution in [1.29, 1.82) is 0 Å². The molecule has 3 heterocycles. The maximum absolute atomic E-state index is 14.7. The second-order valence-corrected chi connectivity index (χ2v) is 21.0. The van der Waals surface area contributed by atoms with E-state index in [0.29, 0.717) is 43.0 Å². The van der Waals surface area contributed by atoms with Gasteiger partial charge < -0.3 is 39.7 Å². The van der Waals surface area contributed by atoms with Gasteiger partial charge in [-0.1, -0.05) is 66.4 Å². The van der Waals surface area contributed by atoms with Crippen LogP contribution in [0.5, 0.6) is 11.5 Å². The molecule has 0 saturated carbocycles. The van der Waals surface area contributed by atoms with Crippen molar-refractivity contribution in [3.05, 3.63) is 82.7 Å². The van der Waals surface area contributed by atoms with Crippen molar-refractivity contribution in [2.45, 2.75) is 89.2 Å². The minimum atomic E-state index is -3.10. The van der Waals surface area contributed by atoms with Gasteiger partial charge in [-0.3, -0.25) is 38.2 Å². The number of methoxy groups -OCH3 is 1. The molecule has 72 heavy (non-hydrogen) atoms. The van der Waals surface area contributed by atoms with Crippen LogP contribution in [-0.2, 0) is 44.5 Å². The zero-order valence-corrected chi connectivity index (χ0v) is 44.0. The molecule has 7 rings (SSSR count). The van der Waals surface area contributed by atoms with Gasteiger partial charge >= 0.3 is 5.97 Å². The number of aliphatic carboxylic acids is 1. The number of amides is 5. The number of halogens is 4. The van der Waals surface area contributed by atoms with Gasteiger partial charge in [0.1, 0.15) is 30.0 Å². The molecule has 17 nitrogen and oxygen atoms in total. The minimum absolute atomic E-state index is 0.0170. The quantitative estimate of drug-likeness (QED) is 0.0658. The molecule has 0 spiro atoms. The topological polar surface area (TPSA) is 227 Å². The highest BCUT2D eigenvalue weighted by Crippen LogP contribution is 2.42. The standard InChI is InChI=1S/C19H15FN2O4.C15H22ClNO2.C11H11Cl2NO2.C5H12NO4P/c1-2-7-21-15-9-14(13(20)8-16(15)26-10-17(21)23)22-18(24)11-5-3-4-6-12(11)19(22)25;1-5-13-8-6-7-11(2)15(13)17(14(18)9-16)12(3)10-19-4;1-7-6-16-9-5-3-2-4-8(9)14(7)11(15)10(12)13;1-11(9,10)3-2-4(6)5(7)8/h1,8-9H,3-7,10H2;6-8,12H,5,9-10H2,1-4H3;2-5,7,10H,6H2,1H3;4H,2-3,6H2,1H3,(H,7,8)(H,9,10). The van der Waals surface area contributed by atoms with Gasteiger partial charge in [-0.05, 0) is 88.6 Å². The van der Waals surface area contributed by atoms with Gasteiger partial charge in [0, 0.05) is 37.1 Å². The van der Waals surface area contributed by atoms with Crippen LogP contribution in [0.1, 0.15) is 64.0 Å². The summed E-state index contributed by atoms with van der Waals surface area (Å²) in [6.45, 7) is 9.82. The van der Waals surface area contributed by atoms with Gasteiger partial charge in [0.2, 0.25) is 5.91 Å². The van der Waals surface area contributed by atoms with E-state index < -0.39 is 41.8 Å². The van der Waals surface area contributed by atoms with E-state index in [1.165, 1.54) is 17.6 Å². The SMILES string of the molecule is C#CCN1C(=O)COc2cc(F)c(N3C(=O)C4=C(CCCC4)C3=O)cc21.CC1COc2ccccc2N1C(=O)C(Cl)Cl.CCc1cccc(C)c1N(C(=O)CCl)C(C)COC.CP(=O)(O)CCC(N)C(=O)O. The van der Waals surface area contributed by atoms with E-state index in [2.05, 4.69) is 18.9 Å². The number of ether oxygens (including phenoxy) is 3. The molecule has 3 aromatic carbocycles. The number of terminal acetylenes is 1. The van der Waals surface area contributed by atoms with Crippen LogP contribution in [0.2, 0.25) is 0 Å². The van der Waals surface area contributed by atoms with Gasteiger partial charge in [0.05, 0.1) is 48.0 Å². The van der Waals surface area contributed by atoms with Gasteiger partial charge in [-0.2, -0.15) is 0 Å². The average Bonchev–Trinajstić information content (AvgIpc) is 3.60. The van der Waals surface area contributed by atoms with Crippen LogP contribution in [0.25, 0.3) is 0 Å². The number of hydrogen-bond acceptors (Lipinski definition) is 11. The Morgan fingerprint density at radius 2 is 1.65 bits per heavy atom. The fourth-order valence-electron chi connectivity index (χ4n) is 8.17. The maximum atomic E-state index is 14.7. The number of benzene rings is 3. The number of nitrogens with zero attached hydrogens (tertiary/aromatic N) is 4. The highest BCUT2D eigenvalue weighted by molar-refractivity contribution is 7.57. The molecular formula is C50H60Cl3FN5O12P. The van der Waals surface area contributed by atoms with Crippen molar-refractivity contribution in [2.75, 3.05) is 71.8 Å². The Morgan fingerprint density at radius 3 is 2.21 bits per heavy atom. The van der Waals surface area contributed by atoms with E-state index in [-0.39, 0.29) is 78.5 Å². The van der Waals surface area contributed by atoms with Crippen molar-refractivity contribution in [2.24, 2.45) is 5.73 Å². The number of anilines is 4. The van der Waals surface area contributed by atoms with Gasteiger partial charge in [-0.25, -0.2) is 9.29 Å². The van der Waals surface area contributed by atoms with Gasteiger partial charge in [-0.15, -0.1) is 18.0 Å². The summed E-state index contributed by atoms with van der Waals surface area (Å²) < 4.78 is 41.3. The third-order valence-electron chi connectivity index (χ3n) is 11.7. The first-order chi connectivity index (χ1) is 34.0. The zero-order valence-electron chi connectivity index (χ0n) is 40.9. The smallest absolute Gasteiger partial charge is 0.320 e. The van der Waals surface area contributed by atoms with Crippen LogP contribution < -0.4 is 34.8 Å². The maximum Gasteiger partial charge on any atom is 0.320 e. The number of fused-ring (bicyclic) bond motifs is 2. The molecule has 3 aromatic rings. The molecule has 22 heteroatoms. The number of hydrogen-bond donors (Lipinski definition) is 3. The Kier molecular flexibility index (Phi) is 22.1. The van der Waals surface area contributed by atoms with Crippen LogP contribution in [0.15, 0.2) is 65.7 Å². The summed E-state index contributed by atoms with van der Waals surface area (Å²) in [5.41, 5.74) is 10.0. The second-order valence-electron chi connectivity index (χ2n) is 17.1. The number of carbonyl (C=O) groups is 6. The fourth-order valence-corrected chi connectivity index (χ4v) is 9.27. The molecule has 0 fully saturated rings. The third kappa shape index (κ3) is 14.8. The first-order valence-corrected chi connectivity index (χ1v) is 26.6. The summed E-state index contributed by atoms with van der Waals surface area (Å²) >= 11 is 17.0. The minimum Gasteiger partial charge on any atom is -0.489 e. The lowest BCUT2D eigenvalue weighted by Gasteiger charge is -2.35. The number of aryl methyl sites for hydroxylation is 2. The molecule has 0 saturated heterocycles. The summed E-state index contributed by atoms with van der Waals surface area (Å²) in [4.78, 5) is 84.8. The number of imide groups is 1. The molecule has 0 aromatic heterocycles. The normalized spacial score (nSPS) is 17.4. The largest absolute Gasteiger partial charge is 0.489 e. The molecule has 4 atom stereocenters. The van der Waals surface area contributed by atoms with E-state index in [0.717, 1.165) is 52.7 Å². The van der Waals surface area contributed by atoms with Crippen molar-refractivity contribution < 1.29 is 61.9 Å². The van der Waals surface area contributed by atoms with Crippen LogP contribution in [0.3, 0.4) is 0 Å². The second kappa shape index (κ2) is 27.0. The van der Waals surface area contributed by atoms with Crippen molar-refractivity contribution in [3.63, 3.8) is 0 Å². The fraction of sp³-hybridized carbons (Fsp3) is 0.440. The first-order valence-electron chi connectivity index (χ1n) is 22.9. The lowest BCUT2D eigenvalue weighted by Crippen LogP contribution is -2.47. The Hall–Kier alpha value is -5.51. The van der Waals surface area contributed by atoms with E-state index in [1.54, 1.807) is 16.9 Å². The Labute approximate surface area is 433 Å². The van der Waals surface area contributed by atoms with Crippen molar-refractivity contribution >= 4 is 100 Å². The van der Waals surface area contributed by atoms with Gasteiger partial charge in [0.15, 0.2) is 24.6 Å². The van der Waals surface area contributed by atoms with E-state index in [9.17, 15) is 37.7 Å². The summed E-state index contributed by atoms with van der Waals surface area (Å²) in [6.07, 6.45) is 8.89.